The summed E-state index contributed by atoms with van der Waals surface area (Å²) in [5, 5.41) is 0. The summed E-state index contributed by atoms with van der Waals surface area (Å²) in [4.78, 5) is 0. The second kappa shape index (κ2) is 8.93. The zero-order chi connectivity index (χ0) is 10.8. The number of rotatable bonds is 3. The lowest BCUT2D eigenvalue weighted by Gasteiger charge is -1.89. The number of hydrogen-bond acceptors (Lipinski definition) is 3. The van der Waals surface area contributed by atoms with Crippen molar-refractivity contribution in [3.8, 4) is 0 Å². The summed E-state index contributed by atoms with van der Waals surface area (Å²) in [6.45, 7) is 0. The first kappa shape index (κ1) is 13.4. The Morgan fingerprint density at radius 2 is 1.86 bits per heavy atom. The van der Waals surface area contributed by atoms with E-state index in [-0.39, 0.29) is 0 Å². The number of hydrogen-bond donors (Lipinski definition) is 0. The van der Waals surface area contributed by atoms with E-state index >= 15 is 0 Å². The van der Waals surface area contributed by atoms with E-state index in [1.165, 1.54) is 5.56 Å². The second-order valence-corrected chi connectivity index (χ2v) is 3.91. The molecule has 1 aromatic rings. The molecule has 0 radical (unpaired) electrons. The third kappa shape index (κ3) is 9.44. The van der Waals surface area contributed by atoms with Crippen molar-refractivity contribution >= 4 is 22.7 Å². The highest BCUT2D eigenvalue weighted by molar-refractivity contribution is 7.78. The van der Waals surface area contributed by atoms with Gasteiger partial charge in [0.15, 0.2) is 0 Å². The third-order valence-electron chi connectivity index (χ3n) is 1.32. The highest BCUT2D eigenvalue weighted by Crippen LogP contribution is 1.98. The summed E-state index contributed by atoms with van der Waals surface area (Å²) in [7, 11) is 0. The van der Waals surface area contributed by atoms with Gasteiger partial charge in [0.05, 0.1) is 0 Å². The molecule has 0 N–H and O–H groups in total. The average Bonchev–Trinajstić information content (AvgIpc) is 2.15. The minimum atomic E-state index is -1.86. The molecule has 5 heteroatoms. The van der Waals surface area contributed by atoms with Gasteiger partial charge in [-0.3, -0.25) is 4.21 Å². The fourth-order valence-electron chi connectivity index (χ4n) is 0.804. The maximum absolute atomic E-state index is 10.0. The molecule has 0 fully saturated rings. The van der Waals surface area contributed by atoms with E-state index in [1.807, 2.05) is 30.3 Å². The molecule has 0 saturated heterocycles. The topological polar surface area (TPSA) is 57.2 Å². The van der Waals surface area contributed by atoms with Crippen LogP contribution in [0.1, 0.15) is 5.56 Å². The van der Waals surface area contributed by atoms with Crippen molar-refractivity contribution in [1.82, 2.24) is 0 Å². The Morgan fingerprint density at radius 1 is 1.36 bits per heavy atom. The first-order valence-electron chi connectivity index (χ1n) is 3.96. The molecule has 78 valence electrons. The summed E-state index contributed by atoms with van der Waals surface area (Å²) < 4.78 is 28.0. The molecule has 1 atom stereocenters. The van der Waals surface area contributed by atoms with Crippen LogP contribution < -0.4 is 0 Å². The normalized spacial score (nSPS) is 11.0. The molecule has 0 aromatic heterocycles. The highest BCUT2D eigenvalue weighted by Gasteiger charge is 1.97. The van der Waals surface area contributed by atoms with Crippen molar-refractivity contribution in [1.29, 1.82) is 0 Å². The van der Waals surface area contributed by atoms with Crippen LogP contribution >= 0.6 is 0 Å². The lowest BCUT2D eigenvalue weighted by Crippen LogP contribution is -1.88. The smallest absolute Gasteiger partial charge is 0.459 e. The summed E-state index contributed by atoms with van der Waals surface area (Å²) in [5.41, 5.74) is 1.24. The van der Waals surface area contributed by atoms with Crippen LogP contribution in [0.25, 0.3) is 0 Å². The molecule has 1 rings (SSSR count). The van der Waals surface area contributed by atoms with Crippen LogP contribution in [0.4, 0.5) is 0 Å². The van der Waals surface area contributed by atoms with Crippen molar-refractivity contribution in [3.05, 3.63) is 35.9 Å². The third-order valence-corrected chi connectivity index (χ3v) is 1.69. The number of benzene rings is 1. The Bertz CT molecular complexity index is 271. The van der Waals surface area contributed by atoms with Crippen LogP contribution in [-0.4, -0.2) is 20.8 Å². The SMILES string of the molecule is CS(=O)[O-].O=[S+]CCc1ccccc1. The fraction of sp³-hybridized carbons (Fsp3) is 0.333. The van der Waals surface area contributed by atoms with E-state index in [0.29, 0.717) is 17.4 Å². The monoisotopic (exact) mass is 232 g/mol. The van der Waals surface area contributed by atoms with Gasteiger partial charge in [-0.1, -0.05) is 41.4 Å². The van der Waals surface area contributed by atoms with E-state index in [4.69, 9.17) is 8.76 Å². The largest absolute Gasteiger partial charge is 0.773 e. The standard InChI is InChI=1S/C8H9OS.CH4O2S/c9-10-7-6-8-4-2-1-3-5-8;1-4(2)3/h1-5H,6-7H2;1H3,(H,2,3)/q+1;/p-1. The molecule has 0 bridgehead atoms. The van der Waals surface area contributed by atoms with Gasteiger partial charge in [-0.15, -0.1) is 0 Å². The first-order chi connectivity index (χ1) is 6.66. The minimum Gasteiger partial charge on any atom is -0.773 e. The van der Waals surface area contributed by atoms with Crippen LogP contribution in [0.5, 0.6) is 0 Å². The predicted octanol–water partition coefficient (Wildman–Crippen LogP) is 1.15. The predicted molar refractivity (Wildman–Crippen MR) is 57.9 cm³/mol. The molecule has 3 nitrogen and oxygen atoms in total. The van der Waals surface area contributed by atoms with Gasteiger partial charge in [-0.05, 0) is 11.8 Å². The van der Waals surface area contributed by atoms with Crippen LogP contribution in [-0.2, 0) is 33.4 Å². The molecule has 14 heavy (non-hydrogen) atoms. The van der Waals surface area contributed by atoms with E-state index in [9.17, 15) is 4.21 Å². The van der Waals surface area contributed by atoms with Crippen LogP contribution in [0.3, 0.4) is 0 Å². The molecule has 0 spiro atoms. The average molecular weight is 232 g/mol. The van der Waals surface area contributed by atoms with Crippen LogP contribution in [0.2, 0.25) is 0 Å². The maximum Gasteiger partial charge on any atom is 0.459 e. The van der Waals surface area contributed by atoms with Gasteiger partial charge in [-0.25, -0.2) is 0 Å². The lowest BCUT2D eigenvalue weighted by atomic mass is 10.2. The van der Waals surface area contributed by atoms with Crippen molar-refractivity contribution in [2.75, 3.05) is 12.0 Å². The zero-order valence-corrected chi connectivity index (χ0v) is 9.48. The van der Waals surface area contributed by atoms with E-state index in [1.54, 1.807) is 0 Å². The molecule has 0 aliphatic heterocycles. The quantitative estimate of drug-likeness (QED) is 0.580. The summed E-state index contributed by atoms with van der Waals surface area (Å²) in [6.07, 6.45) is 1.97. The van der Waals surface area contributed by atoms with Gasteiger partial charge in [0.1, 0.15) is 0 Å². The van der Waals surface area contributed by atoms with E-state index in [2.05, 4.69) is 0 Å². The molecule has 0 heterocycles. The van der Waals surface area contributed by atoms with Gasteiger partial charge in [0, 0.05) is 10.6 Å². The van der Waals surface area contributed by atoms with Crippen molar-refractivity contribution < 1.29 is 13.0 Å². The molecule has 0 aliphatic rings. The Hall–Kier alpha value is -0.650. The maximum atomic E-state index is 10.0. The summed E-state index contributed by atoms with van der Waals surface area (Å²) >= 11 is -1.21. The minimum absolute atomic E-state index is 0.646. The summed E-state index contributed by atoms with van der Waals surface area (Å²) in [6, 6.07) is 10.0. The van der Waals surface area contributed by atoms with Gasteiger partial charge in [0.2, 0.25) is 5.75 Å². The van der Waals surface area contributed by atoms with Crippen LogP contribution in [0, 0.1) is 0 Å². The van der Waals surface area contributed by atoms with Crippen molar-refractivity contribution in [2.24, 2.45) is 0 Å². The van der Waals surface area contributed by atoms with E-state index < -0.39 is 11.1 Å². The van der Waals surface area contributed by atoms with Gasteiger partial charge < -0.3 is 4.55 Å². The molecular formula is C9H12O3S2. The highest BCUT2D eigenvalue weighted by atomic mass is 32.2. The van der Waals surface area contributed by atoms with Gasteiger partial charge in [0.25, 0.3) is 0 Å². The second-order valence-electron chi connectivity index (χ2n) is 2.46. The Morgan fingerprint density at radius 3 is 2.29 bits per heavy atom. The Balaban J connectivity index is 0.000000364. The zero-order valence-electron chi connectivity index (χ0n) is 7.84. The fourth-order valence-corrected chi connectivity index (χ4v) is 1.12. The van der Waals surface area contributed by atoms with Gasteiger partial charge in [-0.2, -0.15) is 0 Å². The van der Waals surface area contributed by atoms with Crippen molar-refractivity contribution in [3.63, 3.8) is 0 Å². The molecule has 1 unspecified atom stereocenters. The molecule has 0 saturated carbocycles. The molecule has 0 amide bonds. The summed E-state index contributed by atoms with van der Waals surface area (Å²) in [5.74, 6) is 0.671. The molecule has 1 aromatic carbocycles. The van der Waals surface area contributed by atoms with Gasteiger partial charge >= 0.3 is 11.7 Å². The Labute approximate surface area is 90.3 Å². The van der Waals surface area contributed by atoms with E-state index in [0.717, 1.165) is 12.7 Å². The number of aryl methyl sites for hydroxylation is 1. The first-order valence-corrected chi connectivity index (χ1v) is 6.36. The molecular weight excluding hydrogens is 220 g/mol. The molecule has 0 aliphatic carbocycles. The van der Waals surface area contributed by atoms with Crippen LogP contribution in [0.15, 0.2) is 30.3 Å². The Kier molecular flexibility index (Phi) is 8.51. The van der Waals surface area contributed by atoms with Crippen molar-refractivity contribution in [2.45, 2.75) is 6.42 Å². The lowest BCUT2D eigenvalue weighted by molar-refractivity contribution is 0.543.